The number of nitrogens with zero attached hydrogens (tertiary/aromatic N) is 1. The molecule has 1 aromatic heterocycles. The maximum atomic E-state index is 10.6. The van der Waals surface area contributed by atoms with Crippen molar-refractivity contribution in [3.05, 3.63) is 25.1 Å². The van der Waals surface area contributed by atoms with Crippen molar-refractivity contribution in [2.24, 2.45) is 0 Å². The highest BCUT2D eigenvalue weighted by Crippen LogP contribution is 2.02. The molecule has 0 fully saturated rings. The molecule has 0 aliphatic carbocycles. The van der Waals surface area contributed by atoms with Gasteiger partial charge >= 0.3 is 0 Å². The lowest BCUT2D eigenvalue weighted by Crippen LogP contribution is -2.05. The molecule has 0 spiro atoms. The minimum Gasteiger partial charge on any atom is -0.363 e. The molecule has 1 rings (SSSR count). The number of aromatic nitrogens is 1. The van der Waals surface area contributed by atoms with Crippen LogP contribution in [0.25, 0.3) is 0 Å². The van der Waals surface area contributed by atoms with Crippen molar-refractivity contribution in [2.75, 3.05) is 5.32 Å². The summed E-state index contributed by atoms with van der Waals surface area (Å²) in [6.07, 6.45) is 3.91. The highest BCUT2D eigenvalue weighted by Gasteiger charge is 1.96. The SMILES string of the molecule is C=CC(=O)Nc1cnoc1. The molecule has 0 bridgehead atoms. The summed E-state index contributed by atoms with van der Waals surface area (Å²) in [6.45, 7) is 3.28. The maximum absolute atomic E-state index is 10.6. The van der Waals surface area contributed by atoms with Gasteiger partial charge in [0.2, 0.25) is 5.91 Å². The summed E-state index contributed by atoms with van der Waals surface area (Å²) in [4.78, 5) is 10.6. The van der Waals surface area contributed by atoms with Crippen LogP contribution >= 0.6 is 0 Å². The first-order chi connectivity index (χ1) is 4.83. The maximum Gasteiger partial charge on any atom is 0.247 e. The summed E-state index contributed by atoms with van der Waals surface area (Å²) in [5.74, 6) is -0.275. The second-order valence-electron chi connectivity index (χ2n) is 1.61. The number of carbonyl (C=O) groups is 1. The molecule has 1 N–H and O–H groups in total. The fourth-order valence-electron chi connectivity index (χ4n) is 0.460. The molecule has 52 valence electrons. The zero-order chi connectivity index (χ0) is 7.40. The average Bonchev–Trinajstić information content (AvgIpc) is 2.40. The van der Waals surface area contributed by atoms with E-state index in [0.717, 1.165) is 0 Å². The van der Waals surface area contributed by atoms with Gasteiger partial charge in [-0.1, -0.05) is 11.7 Å². The third kappa shape index (κ3) is 1.45. The zero-order valence-corrected chi connectivity index (χ0v) is 5.20. The molecule has 4 heteroatoms. The van der Waals surface area contributed by atoms with E-state index in [4.69, 9.17) is 0 Å². The normalized spacial score (nSPS) is 8.80. The van der Waals surface area contributed by atoms with Crippen molar-refractivity contribution in [3.8, 4) is 0 Å². The van der Waals surface area contributed by atoms with Crippen LogP contribution in [-0.4, -0.2) is 11.1 Å². The molecule has 10 heavy (non-hydrogen) atoms. The molecule has 0 radical (unpaired) electrons. The number of rotatable bonds is 2. The minimum absolute atomic E-state index is 0.275. The molecule has 1 amide bonds. The second kappa shape index (κ2) is 2.82. The van der Waals surface area contributed by atoms with E-state index in [1.807, 2.05) is 0 Å². The monoisotopic (exact) mass is 138 g/mol. The van der Waals surface area contributed by atoms with Crippen LogP contribution in [0.1, 0.15) is 0 Å². The van der Waals surface area contributed by atoms with Crippen LogP contribution in [0.4, 0.5) is 5.69 Å². The van der Waals surface area contributed by atoms with Gasteiger partial charge < -0.3 is 9.84 Å². The Balaban J connectivity index is 2.56. The Labute approximate surface area is 57.5 Å². The molecule has 0 aliphatic rings. The summed E-state index contributed by atoms with van der Waals surface area (Å²) in [5.41, 5.74) is 0.532. The third-order valence-corrected chi connectivity index (χ3v) is 0.885. The molecule has 0 atom stereocenters. The van der Waals surface area contributed by atoms with Crippen LogP contribution in [0, 0.1) is 0 Å². The first-order valence-corrected chi connectivity index (χ1v) is 2.65. The predicted molar refractivity (Wildman–Crippen MR) is 35.3 cm³/mol. The van der Waals surface area contributed by atoms with E-state index in [0.29, 0.717) is 5.69 Å². The summed E-state index contributed by atoms with van der Waals surface area (Å²) in [7, 11) is 0. The van der Waals surface area contributed by atoms with Crippen molar-refractivity contribution >= 4 is 11.6 Å². The van der Waals surface area contributed by atoms with E-state index in [1.54, 1.807) is 0 Å². The summed E-state index contributed by atoms with van der Waals surface area (Å²) >= 11 is 0. The first kappa shape index (κ1) is 6.54. The van der Waals surface area contributed by atoms with Crippen LogP contribution in [0.5, 0.6) is 0 Å². The van der Waals surface area contributed by atoms with E-state index in [-0.39, 0.29) is 5.91 Å². The van der Waals surface area contributed by atoms with Crippen LogP contribution in [-0.2, 0) is 4.79 Å². The Hall–Kier alpha value is -1.58. The molecule has 0 aromatic carbocycles. The molecule has 4 nitrogen and oxygen atoms in total. The third-order valence-electron chi connectivity index (χ3n) is 0.885. The summed E-state index contributed by atoms with van der Waals surface area (Å²) < 4.78 is 4.46. The molecule has 0 unspecified atom stereocenters. The van der Waals surface area contributed by atoms with Gasteiger partial charge in [0, 0.05) is 0 Å². The predicted octanol–water partition coefficient (Wildman–Crippen LogP) is 0.799. The highest BCUT2D eigenvalue weighted by molar-refractivity contribution is 5.98. The number of hydrogen-bond donors (Lipinski definition) is 1. The van der Waals surface area contributed by atoms with Gasteiger partial charge in [0.15, 0.2) is 0 Å². The molecule has 0 saturated heterocycles. The zero-order valence-electron chi connectivity index (χ0n) is 5.20. The van der Waals surface area contributed by atoms with Crippen molar-refractivity contribution in [2.45, 2.75) is 0 Å². The fourth-order valence-corrected chi connectivity index (χ4v) is 0.460. The Morgan fingerprint density at radius 3 is 3.20 bits per heavy atom. The van der Waals surface area contributed by atoms with E-state index in [2.05, 4.69) is 21.6 Å². The Kier molecular flexibility index (Phi) is 1.84. The second-order valence-corrected chi connectivity index (χ2v) is 1.61. The Morgan fingerprint density at radius 1 is 1.90 bits per heavy atom. The highest BCUT2D eigenvalue weighted by atomic mass is 16.5. The molecular formula is C6H6N2O2. The molecular weight excluding hydrogens is 132 g/mol. The van der Waals surface area contributed by atoms with E-state index in [9.17, 15) is 4.79 Å². The Morgan fingerprint density at radius 2 is 2.70 bits per heavy atom. The van der Waals surface area contributed by atoms with Crippen molar-refractivity contribution in [1.29, 1.82) is 0 Å². The van der Waals surface area contributed by atoms with E-state index in [1.165, 1.54) is 18.5 Å². The van der Waals surface area contributed by atoms with Gasteiger partial charge in [-0.05, 0) is 6.08 Å². The Bertz CT molecular complexity index is 228. The van der Waals surface area contributed by atoms with Crippen LogP contribution in [0.15, 0.2) is 29.6 Å². The lowest BCUT2D eigenvalue weighted by molar-refractivity contribution is -0.111. The van der Waals surface area contributed by atoms with Crippen molar-refractivity contribution in [1.82, 2.24) is 5.16 Å². The molecule has 1 heterocycles. The molecule has 0 saturated carbocycles. The minimum atomic E-state index is -0.275. The average molecular weight is 138 g/mol. The largest absolute Gasteiger partial charge is 0.363 e. The molecule has 1 aromatic rings. The van der Waals surface area contributed by atoms with Crippen molar-refractivity contribution < 1.29 is 9.32 Å². The number of anilines is 1. The number of hydrogen-bond acceptors (Lipinski definition) is 3. The van der Waals surface area contributed by atoms with Gasteiger partial charge in [-0.25, -0.2) is 0 Å². The van der Waals surface area contributed by atoms with Gasteiger partial charge in [-0.3, -0.25) is 4.79 Å². The van der Waals surface area contributed by atoms with Crippen LogP contribution in [0.2, 0.25) is 0 Å². The lowest BCUT2D eigenvalue weighted by atomic mass is 10.5. The van der Waals surface area contributed by atoms with Gasteiger partial charge in [0.05, 0.1) is 6.20 Å². The van der Waals surface area contributed by atoms with Gasteiger partial charge in [-0.15, -0.1) is 0 Å². The fraction of sp³-hybridized carbons (Fsp3) is 0. The first-order valence-electron chi connectivity index (χ1n) is 2.65. The van der Waals surface area contributed by atoms with Crippen LogP contribution in [0.3, 0.4) is 0 Å². The quantitative estimate of drug-likeness (QED) is 0.615. The smallest absolute Gasteiger partial charge is 0.247 e. The van der Waals surface area contributed by atoms with E-state index < -0.39 is 0 Å². The topological polar surface area (TPSA) is 55.1 Å². The summed E-state index contributed by atoms with van der Waals surface area (Å²) in [6, 6.07) is 0. The lowest BCUT2D eigenvalue weighted by Gasteiger charge is -1.91. The van der Waals surface area contributed by atoms with Gasteiger partial charge in [-0.2, -0.15) is 0 Å². The van der Waals surface area contributed by atoms with Gasteiger partial charge in [0.1, 0.15) is 12.0 Å². The number of nitrogens with one attached hydrogen (secondary N) is 1. The number of carbonyl (C=O) groups excluding carboxylic acids is 1. The van der Waals surface area contributed by atoms with E-state index >= 15 is 0 Å². The summed E-state index contributed by atoms with van der Waals surface area (Å²) in [5, 5.41) is 5.84. The van der Waals surface area contributed by atoms with Gasteiger partial charge in [0.25, 0.3) is 0 Å². The number of amides is 1. The standard InChI is InChI=1S/C6H6N2O2/c1-2-6(9)8-5-3-7-10-4-5/h2-4H,1H2,(H,8,9). The molecule has 0 aliphatic heterocycles. The van der Waals surface area contributed by atoms with Crippen molar-refractivity contribution in [3.63, 3.8) is 0 Å². The van der Waals surface area contributed by atoms with Crippen LogP contribution < -0.4 is 5.32 Å².